The molecule has 0 aromatic heterocycles. The van der Waals surface area contributed by atoms with Crippen LogP contribution in [0.4, 0.5) is 0 Å². The molecule has 4 aromatic rings. The summed E-state index contributed by atoms with van der Waals surface area (Å²) in [5.74, 6) is -2.17. The number of nitrogens with one attached hydrogen (secondary N) is 1. The van der Waals surface area contributed by atoms with Crippen LogP contribution in [0, 0.1) is 5.92 Å². The fourth-order valence-corrected chi connectivity index (χ4v) is 6.55. The summed E-state index contributed by atoms with van der Waals surface area (Å²) in [6, 6.07) is 32.2. The predicted octanol–water partition coefficient (Wildman–Crippen LogP) is 6.61. The molecule has 0 spiro atoms. The summed E-state index contributed by atoms with van der Waals surface area (Å²) in [7, 11) is -4.00. The van der Waals surface area contributed by atoms with Crippen LogP contribution in [0.15, 0.2) is 119 Å². The Morgan fingerprint density at radius 1 is 0.829 bits per heavy atom. The second kappa shape index (κ2) is 14.8. The topological polar surface area (TPSA) is 86.7 Å². The molecule has 0 aliphatic carbocycles. The highest BCUT2D eigenvalue weighted by molar-refractivity contribution is 9.10. The van der Waals surface area contributed by atoms with Crippen molar-refractivity contribution in [3.63, 3.8) is 0 Å². The van der Waals surface area contributed by atoms with Gasteiger partial charge in [-0.2, -0.15) is 4.31 Å². The summed E-state index contributed by atoms with van der Waals surface area (Å²) in [4.78, 5) is 12.9. The first-order chi connectivity index (χ1) is 19.7. The maximum atomic E-state index is 13.9. The molecule has 0 amide bonds. The Hall–Kier alpha value is -3.01. The Labute approximate surface area is 255 Å². The van der Waals surface area contributed by atoms with Crippen molar-refractivity contribution < 1.29 is 18.3 Å². The van der Waals surface area contributed by atoms with E-state index in [1.54, 1.807) is 36.4 Å². The molecular weight excluding hydrogens is 624 g/mol. The smallest absolute Gasteiger partial charge is 0.309 e. The molecule has 2 atom stereocenters. The van der Waals surface area contributed by atoms with Gasteiger partial charge in [0, 0.05) is 28.6 Å². The molecule has 214 valence electrons. The molecule has 0 radical (unpaired) electrons. The number of hydrogen-bond acceptors (Lipinski definition) is 4. The Morgan fingerprint density at radius 3 is 1.95 bits per heavy atom. The lowest BCUT2D eigenvalue weighted by molar-refractivity contribution is -0.143. The van der Waals surface area contributed by atoms with Gasteiger partial charge in [0.25, 0.3) is 0 Å². The molecular formula is C32H32BrClN2O4S. The van der Waals surface area contributed by atoms with Crippen molar-refractivity contribution in [1.82, 2.24) is 9.62 Å². The Morgan fingerprint density at radius 2 is 1.39 bits per heavy atom. The molecule has 0 aliphatic heterocycles. The van der Waals surface area contributed by atoms with Crippen molar-refractivity contribution in [3.8, 4) is 0 Å². The van der Waals surface area contributed by atoms with E-state index < -0.39 is 28.0 Å². The second-order valence-electron chi connectivity index (χ2n) is 9.72. The van der Waals surface area contributed by atoms with Crippen molar-refractivity contribution in [1.29, 1.82) is 0 Å². The van der Waals surface area contributed by atoms with E-state index in [1.807, 2.05) is 60.7 Å². The largest absolute Gasteiger partial charge is 0.481 e. The minimum absolute atomic E-state index is 0.109. The fraction of sp³-hybridized carbons (Fsp3) is 0.219. The van der Waals surface area contributed by atoms with Gasteiger partial charge in [-0.1, -0.05) is 100 Å². The highest BCUT2D eigenvalue weighted by atomic mass is 79.9. The second-order valence-corrected chi connectivity index (χ2v) is 13.0. The van der Waals surface area contributed by atoms with Crippen LogP contribution in [0.1, 0.15) is 22.7 Å². The highest BCUT2D eigenvalue weighted by Gasteiger charge is 2.35. The predicted molar refractivity (Wildman–Crippen MR) is 167 cm³/mol. The number of carboxylic acids is 1. The summed E-state index contributed by atoms with van der Waals surface area (Å²) < 4.78 is 29.9. The van der Waals surface area contributed by atoms with Gasteiger partial charge < -0.3 is 10.4 Å². The third kappa shape index (κ3) is 8.74. The Kier molecular flexibility index (Phi) is 11.1. The molecule has 0 fully saturated rings. The van der Waals surface area contributed by atoms with Crippen LogP contribution in [-0.4, -0.2) is 43.4 Å². The van der Waals surface area contributed by atoms with Gasteiger partial charge >= 0.3 is 5.97 Å². The quantitative estimate of drug-likeness (QED) is 0.160. The molecule has 0 bridgehead atoms. The number of rotatable bonds is 14. The summed E-state index contributed by atoms with van der Waals surface area (Å²) in [6.45, 7) is 0.417. The molecule has 6 nitrogen and oxygen atoms in total. The van der Waals surface area contributed by atoms with Crippen LogP contribution in [0.5, 0.6) is 0 Å². The zero-order valence-electron chi connectivity index (χ0n) is 22.4. The number of hydrogen-bond donors (Lipinski definition) is 2. The van der Waals surface area contributed by atoms with Crippen molar-refractivity contribution in [2.75, 3.05) is 19.6 Å². The van der Waals surface area contributed by atoms with Gasteiger partial charge in [0.2, 0.25) is 10.0 Å². The number of halogens is 2. The first-order valence-electron chi connectivity index (χ1n) is 13.3. The number of carbonyl (C=O) groups is 1. The Bertz CT molecular complexity index is 1500. The Balaban J connectivity index is 1.65. The van der Waals surface area contributed by atoms with E-state index in [0.717, 1.165) is 21.2 Å². The van der Waals surface area contributed by atoms with Gasteiger partial charge in [-0.05, 0) is 72.5 Å². The molecule has 41 heavy (non-hydrogen) atoms. The maximum Gasteiger partial charge on any atom is 0.309 e. The van der Waals surface area contributed by atoms with E-state index in [1.165, 1.54) is 16.4 Å². The first kappa shape index (κ1) is 30.9. The number of sulfonamides is 1. The van der Waals surface area contributed by atoms with Crippen LogP contribution in [0.25, 0.3) is 0 Å². The lowest BCUT2D eigenvalue weighted by Gasteiger charge is -2.31. The van der Waals surface area contributed by atoms with Gasteiger partial charge in [0.05, 0.1) is 10.8 Å². The average Bonchev–Trinajstić information content (AvgIpc) is 2.97. The third-order valence-electron chi connectivity index (χ3n) is 6.91. The lowest BCUT2D eigenvalue weighted by atomic mass is 9.92. The minimum Gasteiger partial charge on any atom is -0.481 e. The molecule has 0 saturated carbocycles. The van der Waals surface area contributed by atoms with Crippen LogP contribution in [0.2, 0.25) is 5.02 Å². The molecule has 2 unspecified atom stereocenters. The number of carboxylic acid groups (broad SMARTS) is 1. The maximum absolute atomic E-state index is 13.9. The monoisotopic (exact) mass is 654 g/mol. The van der Waals surface area contributed by atoms with Crippen molar-refractivity contribution >= 4 is 43.5 Å². The molecule has 4 aromatic carbocycles. The highest BCUT2D eigenvalue weighted by Crippen LogP contribution is 2.28. The van der Waals surface area contributed by atoms with Crippen LogP contribution in [0.3, 0.4) is 0 Å². The molecule has 0 saturated heterocycles. The number of benzene rings is 4. The van der Waals surface area contributed by atoms with Crippen LogP contribution >= 0.6 is 27.5 Å². The van der Waals surface area contributed by atoms with Gasteiger partial charge in [-0.25, -0.2) is 8.42 Å². The minimum atomic E-state index is -4.00. The summed E-state index contributed by atoms with van der Waals surface area (Å²) in [6.07, 6.45) is 1.13. The molecule has 9 heteroatoms. The molecule has 2 N–H and O–H groups in total. The van der Waals surface area contributed by atoms with Crippen LogP contribution in [-0.2, 0) is 27.7 Å². The average molecular weight is 656 g/mol. The summed E-state index contributed by atoms with van der Waals surface area (Å²) in [5.41, 5.74) is 2.80. The third-order valence-corrected chi connectivity index (χ3v) is 9.57. The summed E-state index contributed by atoms with van der Waals surface area (Å²) in [5, 5.41) is 14.4. The number of nitrogens with zero attached hydrogens (tertiary/aromatic N) is 1. The zero-order valence-corrected chi connectivity index (χ0v) is 25.5. The fourth-order valence-electron chi connectivity index (χ4n) is 4.69. The lowest BCUT2D eigenvalue weighted by Crippen LogP contribution is -2.44. The van der Waals surface area contributed by atoms with Crippen LogP contribution < -0.4 is 5.32 Å². The molecule has 0 aliphatic rings. The van der Waals surface area contributed by atoms with Crippen molar-refractivity contribution in [2.45, 2.75) is 23.8 Å². The number of aliphatic carboxylic acids is 1. The standard InChI is InChI=1S/C32H32BrClN2O4S/c33-27-13-17-29(18-14-27)41(39,40)36(22-20-25-9-5-2-6-10-25)23-30(32(37)38)31(26-11-15-28(34)16-12-26)35-21-19-24-7-3-1-4-8-24/h1-18,30-31,35H,19-23H2,(H,37,38). The zero-order chi connectivity index (χ0) is 29.2. The van der Waals surface area contributed by atoms with E-state index >= 15 is 0 Å². The molecule has 4 rings (SSSR count). The first-order valence-corrected chi connectivity index (χ1v) is 15.9. The van der Waals surface area contributed by atoms with Crippen molar-refractivity contribution in [3.05, 3.63) is 135 Å². The SMILES string of the molecule is O=C(O)C(CN(CCc1ccccc1)S(=O)(=O)c1ccc(Br)cc1)C(NCCc1ccccc1)c1ccc(Cl)cc1. The van der Waals surface area contributed by atoms with Gasteiger partial charge in [-0.15, -0.1) is 0 Å². The van der Waals surface area contributed by atoms with Crippen molar-refractivity contribution in [2.24, 2.45) is 5.92 Å². The van der Waals surface area contributed by atoms with E-state index in [0.29, 0.717) is 24.4 Å². The van der Waals surface area contributed by atoms with Gasteiger partial charge in [0.1, 0.15) is 0 Å². The van der Waals surface area contributed by atoms with Gasteiger partial charge in [0.15, 0.2) is 0 Å². The normalized spacial score (nSPS) is 13.1. The van der Waals surface area contributed by atoms with E-state index in [2.05, 4.69) is 21.2 Å². The molecule has 0 heterocycles. The van der Waals surface area contributed by atoms with E-state index in [-0.39, 0.29) is 18.0 Å². The van der Waals surface area contributed by atoms with E-state index in [4.69, 9.17) is 11.6 Å². The van der Waals surface area contributed by atoms with Gasteiger partial charge in [-0.3, -0.25) is 4.79 Å². The summed E-state index contributed by atoms with van der Waals surface area (Å²) >= 11 is 9.49. The van der Waals surface area contributed by atoms with E-state index in [9.17, 15) is 18.3 Å².